The molecular weight excluding hydrogens is 444 g/mol. The molecule has 3 rings (SSSR count). The van der Waals surface area contributed by atoms with E-state index in [0.717, 1.165) is 16.7 Å². The van der Waals surface area contributed by atoms with Crippen molar-refractivity contribution in [2.45, 2.75) is 45.3 Å². The van der Waals surface area contributed by atoms with Crippen LogP contribution in [0.2, 0.25) is 0 Å². The standard InChI is InChI=1S/C27H30N4O4/c1-26(2,3)27(18-31(25(33)34)13-4-14-35-27)24(32)30-23(17-29)15-19-5-9-21(10-6-19)22-11-7-20(16-28)8-12-22/h5-12,23H,4,13-15,18H2,1-3H3,(H,30,32)(H,33,34)/t23-,27-/m0/s1. The Labute approximate surface area is 205 Å². The molecule has 8 heteroatoms. The van der Waals surface area contributed by atoms with Crippen LogP contribution < -0.4 is 5.32 Å². The second kappa shape index (κ2) is 10.6. The minimum Gasteiger partial charge on any atom is -0.465 e. The fourth-order valence-corrected chi connectivity index (χ4v) is 4.20. The molecule has 1 saturated heterocycles. The Kier molecular flexibility index (Phi) is 7.78. The van der Waals surface area contributed by atoms with E-state index in [-0.39, 0.29) is 19.7 Å². The fourth-order valence-electron chi connectivity index (χ4n) is 4.20. The second-order valence-electron chi connectivity index (χ2n) is 9.73. The molecular formula is C27H30N4O4. The second-order valence-corrected chi connectivity index (χ2v) is 9.73. The molecule has 1 heterocycles. The molecule has 2 aromatic rings. The number of nitrogens with one attached hydrogen (secondary N) is 1. The zero-order valence-corrected chi connectivity index (χ0v) is 20.2. The minimum absolute atomic E-state index is 0.102. The molecule has 2 aromatic carbocycles. The molecule has 1 aliphatic rings. The van der Waals surface area contributed by atoms with Crippen LogP contribution >= 0.6 is 0 Å². The highest BCUT2D eigenvalue weighted by atomic mass is 16.5. The van der Waals surface area contributed by atoms with E-state index in [2.05, 4.69) is 17.5 Å². The molecule has 0 radical (unpaired) electrons. The van der Waals surface area contributed by atoms with Crippen molar-refractivity contribution in [2.24, 2.45) is 5.41 Å². The van der Waals surface area contributed by atoms with Crippen LogP contribution in [0.3, 0.4) is 0 Å². The number of hydrogen-bond acceptors (Lipinski definition) is 5. The van der Waals surface area contributed by atoms with Crippen molar-refractivity contribution in [1.82, 2.24) is 10.2 Å². The first-order valence-corrected chi connectivity index (χ1v) is 11.5. The highest BCUT2D eigenvalue weighted by Gasteiger charge is 2.52. The van der Waals surface area contributed by atoms with Crippen LogP contribution in [-0.2, 0) is 16.0 Å². The van der Waals surface area contributed by atoms with Gasteiger partial charge in [0, 0.05) is 25.0 Å². The van der Waals surface area contributed by atoms with E-state index >= 15 is 0 Å². The lowest BCUT2D eigenvalue weighted by Crippen LogP contribution is -2.63. The topological polar surface area (TPSA) is 126 Å². The largest absolute Gasteiger partial charge is 0.465 e. The summed E-state index contributed by atoms with van der Waals surface area (Å²) in [6.45, 7) is 5.94. The van der Waals surface area contributed by atoms with Crippen molar-refractivity contribution in [3.05, 3.63) is 59.7 Å². The smallest absolute Gasteiger partial charge is 0.407 e. The normalized spacial score (nSPS) is 19.1. The molecule has 182 valence electrons. The number of carbonyl (C=O) groups excluding carboxylic acids is 1. The number of amides is 2. The quantitative estimate of drug-likeness (QED) is 0.675. The zero-order chi connectivity index (χ0) is 25.6. The average molecular weight is 475 g/mol. The van der Waals surface area contributed by atoms with Gasteiger partial charge < -0.3 is 20.1 Å². The third-order valence-electron chi connectivity index (χ3n) is 6.39. The number of hydrogen-bond donors (Lipinski definition) is 2. The van der Waals surface area contributed by atoms with E-state index in [1.165, 1.54) is 4.90 Å². The molecule has 0 aromatic heterocycles. The van der Waals surface area contributed by atoms with Gasteiger partial charge >= 0.3 is 6.09 Å². The summed E-state index contributed by atoms with van der Waals surface area (Å²) in [4.78, 5) is 26.4. The summed E-state index contributed by atoms with van der Waals surface area (Å²) in [5, 5.41) is 31.1. The van der Waals surface area contributed by atoms with Gasteiger partial charge in [0.15, 0.2) is 5.60 Å². The maximum absolute atomic E-state index is 13.5. The molecule has 35 heavy (non-hydrogen) atoms. The molecule has 1 fully saturated rings. The van der Waals surface area contributed by atoms with Crippen LogP contribution in [0.25, 0.3) is 11.1 Å². The van der Waals surface area contributed by atoms with Gasteiger partial charge in [0.05, 0.1) is 24.2 Å². The monoisotopic (exact) mass is 474 g/mol. The Morgan fingerprint density at radius 3 is 2.23 bits per heavy atom. The molecule has 0 aliphatic carbocycles. The molecule has 2 N–H and O–H groups in total. The van der Waals surface area contributed by atoms with Gasteiger partial charge in [0.2, 0.25) is 0 Å². The molecule has 1 aliphatic heterocycles. The Hall–Kier alpha value is -3.88. The Morgan fingerprint density at radius 1 is 1.11 bits per heavy atom. The van der Waals surface area contributed by atoms with Crippen LogP contribution in [0.5, 0.6) is 0 Å². The van der Waals surface area contributed by atoms with Crippen molar-refractivity contribution < 1.29 is 19.4 Å². The first-order valence-electron chi connectivity index (χ1n) is 11.5. The minimum atomic E-state index is -1.42. The van der Waals surface area contributed by atoms with Crippen LogP contribution in [0.4, 0.5) is 4.79 Å². The van der Waals surface area contributed by atoms with E-state index < -0.39 is 29.1 Å². The van der Waals surface area contributed by atoms with Gasteiger partial charge in [-0.1, -0.05) is 57.2 Å². The lowest BCUT2D eigenvalue weighted by molar-refractivity contribution is -0.165. The summed E-state index contributed by atoms with van der Waals surface area (Å²) in [7, 11) is 0. The number of ether oxygens (including phenoxy) is 1. The van der Waals surface area contributed by atoms with E-state index in [4.69, 9.17) is 10.00 Å². The third kappa shape index (κ3) is 5.79. The van der Waals surface area contributed by atoms with Crippen LogP contribution in [0.15, 0.2) is 48.5 Å². The zero-order valence-electron chi connectivity index (χ0n) is 20.2. The summed E-state index contributed by atoms with van der Waals surface area (Å²) in [5.41, 5.74) is 1.28. The summed E-state index contributed by atoms with van der Waals surface area (Å²) >= 11 is 0. The lowest BCUT2D eigenvalue weighted by Gasteiger charge is -2.43. The Bertz CT molecular complexity index is 1140. The fraction of sp³-hybridized carbons (Fsp3) is 0.407. The number of nitriles is 2. The molecule has 0 spiro atoms. The number of carboxylic acid groups (broad SMARTS) is 1. The maximum atomic E-state index is 13.5. The summed E-state index contributed by atoms with van der Waals surface area (Å²) < 4.78 is 6.03. The van der Waals surface area contributed by atoms with Gasteiger partial charge in [-0.3, -0.25) is 4.79 Å². The Balaban J connectivity index is 1.76. The van der Waals surface area contributed by atoms with Crippen LogP contribution in [0.1, 0.15) is 38.3 Å². The highest BCUT2D eigenvalue weighted by Crippen LogP contribution is 2.37. The van der Waals surface area contributed by atoms with Crippen molar-refractivity contribution in [3.8, 4) is 23.3 Å². The van der Waals surface area contributed by atoms with E-state index in [0.29, 0.717) is 18.4 Å². The number of rotatable bonds is 5. The SMILES string of the molecule is CC(C)(C)[C@@]1(C(=O)N[C@H](C#N)Cc2ccc(-c3ccc(C#N)cc3)cc2)CN(C(=O)O)CCCO1. The van der Waals surface area contributed by atoms with Gasteiger partial charge in [0.25, 0.3) is 5.91 Å². The number of benzene rings is 2. The number of carbonyl (C=O) groups is 2. The molecule has 8 nitrogen and oxygen atoms in total. The molecule has 0 unspecified atom stereocenters. The van der Waals surface area contributed by atoms with E-state index in [1.807, 2.05) is 57.2 Å². The van der Waals surface area contributed by atoms with Gasteiger partial charge in [0.1, 0.15) is 6.04 Å². The van der Waals surface area contributed by atoms with Crippen molar-refractivity contribution in [2.75, 3.05) is 19.7 Å². The van der Waals surface area contributed by atoms with Gasteiger partial charge in [-0.25, -0.2) is 4.79 Å². The highest BCUT2D eigenvalue weighted by molar-refractivity contribution is 5.87. The summed E-state index contributed by atoms with van der Waals surface area (Å²) in [5.74, 6) is -0.487. The van der Waals surface area contributed by atoms with Gasteiger partial charge in [-0.2, -0.15) is 10.5 Å². The molecule has 2 amide bonds. The van der Waals surface area contributed by atoms with E-state index in [1.54, 1.807) is 12.1 Å². The van der Waals surface area contributed by atoms with Crippen molar-refractivity contribution in [3.63, 3.8) is 0 Å². The average Bonchev–Trinajstić information content (AvgIpc) is 3.08. The van der Waals surface area contributed by atoms with E-state index in [9.17, 15) is 20.0 Å². The van der Waals surface area contributed by atoms with Crippen molar-refractivity contribution >= 4 is 12.0 Å². The van der Waals surface area contributed by atoms with Gasteiger partial charge in [-0.05, 0) is 35.2 Å². The molecule has 0 bridgehead atoms. The first-order chi connectivity index (χ1) is 16.6. The predicted molar refractivity (Wildman–Crippen MR) is 130 cm³/mol. The molecule has 2 atom stereocenters. The predicted octanol–water partition coefficient (Wildman–Crippen LogP) is 3.96. The summed E-state index contributed by atoms with van der Waals surface area (Å²) in [6, 6.07) is 18.4. The first kappa shape index (κ1) is 25.7. The third-order valence-corrected chi connectivity index (χ3v) is 6.39. The van der Waals surface area contributed by atoms with Crippen molar-refractivity contribution in [1.29, 1.82) is 10.5 Å². The Morgan fingerprint density at radius 2 is 1.71 bits per heavy atom. The maximum Gasteiger partial charge on any atom is 0.407 e. The lowest BCUT2D eigenvalue weighted by atomic mass is 9.75. The van der Waals surface area contributed by atoms with Crippen LogP contribution in [-0.4, -0.2) is 53.3 Å². The number of nitrogens with zero attached hydrogens (tertiary/aromatic N) is 3. The van der Waals surface area contributed by atoms with Crippen LogP contribution in [0, 0.1) is 28.1 Å². The molecule has 0 saturated carbocycles. The summed E-state index contributed by atoms with van der Waals surface area (Å²) in [6.07, 6.45) is -0.320. The van der Waals surface area contributed by atoms with Gasteiger partial charge in [-0.15, -0.1) is 0 Å².